The first-order valence-electron chi connectivity index (χ1n) is 12.5. The third kappa shape index (κ3) is 4.86. The number of piperidine rings is 1. The lowest BCUT2D eigenvalue weighted by molar-refractivity contribution is -0.0907. The van der Waals surface area contributed by atoms with Gasteiger partial charge in [0, 0.05) is 62.4 Å². The zero-order valence-electron chi connectivity index (χ0n) is 20.3. The second kappa shape index (κ2) is 8.07. The average Bonchev–Trinajstić information content (AvgIpc) is 2.65. The van der Waals surface area contributed by atoms with Crippen molar-refractivity contribution in [1.29, 1.82) is 0 Å². The second-order valence-electron chi connectivity index (χ2n) is 12.7. The van der Waals surface area contributed by atoms with Gasteiger partial charge in [-0.05, 0) is 98.6 Å². The summed E-state index contributed by atoms with van der Waals surface area (Å²) in [6.07, 6.45) is 8.64. The molecule has 1 spiro atoms. The van der Waals surface area contributed by atoms with Crippen molar-refractivity contribution in [2.24, 2.45) is 5.41 Å². The summed E-state index contributed by atoms with van der Waals surface area (Å²) in [6.45, 7) is 24.6. The molecule has 0 aromatic carbocycles. The standard InChI is InChI=1S/C25H48N4/c1-23(2,3)28-17-15-27(16-18-28)22-9-13-26(14-10-22)21-7-11-25(12-8-21)19-29(20-25)24(4,5)6/h21-22H,7-20H2,1-6H3. The largest absolute Gasteiger partial charge is 0.300 e. The second-order valence-corrected chi connectivity index (χ2v) is 12.7. The number of hydrogen-bond donors (Lipinski definition) is 0. The van der Waals surface area contributed by atoms with Gasteiger partial charge in [-0.25, -0.2) is 0 Å². The van der Waals surface area contributed by atoms with E-state index in [0.29, 0.717) is 16.5 Å². The highest BCUT2D eigenvalue weighted by Crippen LogP contribution is 2.47. The molecule has 0 N–H and O–H groups in total. The SMILES string of the molecule is CC(C)(C)N1CCN(C2CCN(C3CCC4(CC3)CN(C(C)(C)C)C4)CC2)CC1. The van der Waals surface area contributed by atoms with Gasteiger partial charge in [0.15, 0.2) is 0 Å². The topological polar surface area (TPSA) is 13.0 Å². The number of rotatable bonds is 2. The lowest BCUT2D eigenvalue weighted by Crippen LogP contribution is -2.64. The molecule has 4 aliphatic rings. The van der Waals surface area contributed by atoms with Crippen molar-refractivity contribution in [3.8, 4) is 0 Å². The van der Waals surface area contributed by atoms with Crippen molar-refractivity contribution >= 4 is 0 Å². The number of hydrogen-bond acceptors (Lipinski definition) is 4. The molecule has 0 bridgehead atoms. The van der Waals surface area contributed by atoms with E-state index in [0.717, 1.165) is 12.1 Å². The average molecular weight is 405 g/mol. The molecule has 0 aromatic rings. The van der Waals surface area contributed by atoms with Gasteiger partial charge in [-0.3, -0.25) is 14.7 Å². The van der Waals surface area contributed by atoms with Gasteiger partial charge in [-0.1, -0.05) is 0 Å². The third-order valence-electron chi connectivity index (χ3n) is 8.81. The molecular weight excluding hydrogens is 356 g/mol. The van der Waals surface area contributed by atoms with Crippen LogP contribution in [0.4, 0.5) is 0 Å². The third-order valence-corrected chi connectivity index (χ3v) is 8.81. The van der Waals surface area contributed by atoms with E-state index in [9.17, 15) is 0 Å². The Morgan fingerprint density at radius 2 is 1.00 bits per heavy atom. The summed E-state index contributed by atoms with van der Waals surface area (Å²) in [5.41, 5.74) is 1.37. The molecule has 4 nitrogen and oxygen atoms in total. The molecule has 0 unspecified atom stereocenters. The summed E-state index contributed by atoms with van der Waals surface area (Å²) in [4.78, 5) is 11.0. The minimum absolute atomic E-state index is 0.331. The van der Waals surface area contributed by atoms with E-state index in [2.05, 4.69) is 61.1 Å². The lowest BCUT2D eigenvalue weighted by atomic mass is 9.66. The Kier molecular flexibility index (Phi) is 6.14. The molecule has 0 radical (unpaired) electrons. The summed E-state index contributed by atoms with van der Waals surface area (Å²) in [7, 11) is 0. The van der Waals surface area contributed by atoms with E-state index in [1.54, 1.807) is 0 Å². The van der Waals surface area contributed by atoms with Crippen LogP contribution in [-0.2, 0) is 0 Å². The van der Waals surface area contributed by atoms with Crippen LogP contribution >= 0.6 is 0 Å². The van der Waals surface area contributed by atoms with Gasteiger partial charge in [0.25, 0.3) is 0 Å². The zero-order chi connectivity index (χ0) is 20.9. The van der Waals surface area contributed by atoms with E-state index in [4.69, 9.17) is 0 Å². The maximum absolute atomic E-state index is 2.87. The summed E-state index contributed by atoms with van der Waals surface area (Å²) < 4.78 is 0. The Morgan fingerprint density at radius 1 is 0.552 bits per heavy atom. The number of nitrogens with zero attached hydrogens (tertiary/aromatic N) is 4. The number of piperazine rings is 1. The van der Waals surface area contributed by atoms with Crippen molar-refractivity contribution in [2.75, 3.05) is 52.4 Å². The van der Waals surface area contributed by atoms with Crippen molar-refractivity contribution in [2.45, 2.75) is 103 Å². The summed E-state index contributed by atoms with van der Waals surface area (Å²) in [5, 5.41) is 0. The molecule has 1 saturated carbocycles. The summed E-state index contributed by atoms with van der Waals surface area (Å²) in [5.74, 6) is 0. The number of likely N-dealkylation sites (tertiary alicyclic amines) is 2. The van der Waals surface area contributed by atoms with E-state index < -0.39 is 0 Å². The van der Waals surface area contributed by atoms with Gasteiger partial charge in [-0.15, -0.1) is 0 Å². The normalized spacial score (nSPS) is 30.0. The predicted octanol–water partition coefficient (Wildman–Crippen LogP) is 3.91. The monoisotopic (exact) mass is 404 g/mol. The Morgan fingerprint density at radius 3 is 1.48 bits per heavy atom. The van der Waals surface area contributed by atoms with Crippen LogP contribution in [0.2, 0.25) is 0 Å². The van der Waals surface area contributed by atoms with Crippen molar-refractivity contribution in [1.82, 2.24) is 19.6 Å². The fourth-order valence-electron chi connectivity index (χ4n) is 6.51. The summed E-state index contributed by atoms with van der Waals surface area (Å²) >= 11 is 0. The lowest BCUT2D eigenvalue weighted by Gasteiger charge is -2.59. The molecule has 3 aliphatic heterocycles. The predicted molar refractivity (Wildman–Crippen MR) is 124 cm³/mol. The van der Waals surface area contributed by atoms with Crippen LogP contribution in [0.3, 0.4) is 0 Å². The Hall–Kier alpha value is -0.160. The Labute approximate surface area is 181 Å². The first-order chi connectivity index (χ1) is 13.6. The van der Waals surface area contributed by atoms with Gasteiger partial charge in [0.1, 0.15) is 0 Å². The van der Waals surface area contributed by atoms with Crippen molar-refractivity contribution in [3.05, 3.63) is 0 Å². The van der Waals surface area contributed by atoms with Crippen LogP contribution in [-0.4, -0.2) is 95.1 Å². The van der Waals surface area contributed by atoms with Crippen LogP contribution < -0.4 is 0 Å². The first kappa shape index (κ1) is 22.0. The van der Waals surface area contributed by atoms with Gasteiger partial charge < -0.3 is 4.90 Å². The van der Waals surface area contributed by atoms with Crippen LogP contribution in [0, 0.1) is 5.41 Å². The van der Waals surface area contributed by atoms with Gasteiger partial charge in [-0.2, -0.15) is 0 Å². The molecule has 0 aromatic heterocycles. The fraction of sp³-hybridized carbons (Fsp3) is 1.00. The summed E-state index contributed by atoms with van der Waals surface area (Å²) in [6, 6.07) is 1.72. The van der Waals surface area contributed by atoms with E-state index in [1.807, 2.05) is 0 Å². The van der Waals surface area contributed by atoms with Gasteiger partial charge in [0.2, 0.25) is 0 Å². The zero-order valence-corrected chi connectivity index (χ0v) is 20.3. The molecule has 3 saturated heterocycles. The highest BCUT2D eigenvalue weighted by molar-refractivity contribution is 5.03. The van der Waals surface area contributed by atoms with E-state index >= 15 is 0 Å². The molecule has 1 aliphatic carbocycles. The van der Waals surface area contributed by atoms with Crippen LogP contribution in [0.25, 0.3) is 0 Å². The molecule has 0 amide bonds. The Balaban J connectivity index is 1.18. The van der Waals surface area contributed by atoms with Crippen LogP contribution in [0.5, 0.6) is 0 Å². The van der Waals surface area contributed by atoms with E-state index in [1.165, 1.54) is 90.9 Å². The molecule has 168 valence electrons. The minimum atomic E-state index is 0.331. The van der Waals surface area contributed by atoms with Gasteiger partial charge >= 0.3 is 0 Å². The quantitative estimate of drug-likeness (QED) is 0.692. The van der Waals surface area contributed by atoms with Gasteiger partial charge in [0.05, 0.1) is 0 Å². The first-order valence-corrected chi connectivity index (χ1v) is 12.5. The molecular formula is C25H48N4. The molecule has 4 heteroatoms. The molecule has 4 fully saturated rings. The van der Waals surface area contributed by atoms with Crippen LogP contribution in [0.15, 0.2) is 0 Å². The minimum Gasteiger partial charge on any atom is -0.300 e. The Bertz CT molecular complexity index is 528. The maximum atomic E-state index is 2.87. The molecule has 3 heterocycles. The maximum Gasteiger partial charge on any atom is 0.0126 e. The molecule has 4 rings (SSSR count). The molecule has 0 atom stereocenters. The highest BCUT2D eigenvalue weighted by Gasteiger charge is 2.48. The highest BCUT2D eigenvalue weighted by atomic mass is 15.3. The van der Waals surface area contributed by atoms with Crippen molar-refractivity contribution in [3.63, 3.8) is 0 Å². The van der Waals surface area contributed by atoms with Crippen molar-refractivity contribution < 1.29 is 0 Å². The van der Waals surface area contributed by atoms with Crippen LogP contribution in [0.1, 0.15) is 80.1 Å². The fourth-order valence-corrected chi connectivity index (χ4v) is 6.51. The van der Waals surface area contributed by atoms with E-state index in [-0.39, 0.29) is 0 Å². The smallest absolute Gasteiger partial charge is 0.0126 e. The molecule has 29 heavy (non-hydrogen) atoms.